The highest BCUT2D eigenvalue weighted by molar-refractivity contribution is 7.88. The second-order valence-corrected chi connectivity index (χ2v) is 9.33. The third-order valence-corrected chi connectivity index (χ3v) is 6.61. The summed E-state index contributed by atoms with van der Waals surface area (Å²) in [4.78, 5) is 0. The molecular weight excluding hydrogens is 364 g/mol. The highest BCUT2D eigenvalue weighted by atomic mass is 32.2. The van der Waals surface area contributed by atoms with Gasteiger partial charge in [0.1, 0.15) is 0 Å². The van der Waals surface area contributed by atoms with Crippen molar-refractivity contribution < 1.29 is 8.42 Å². The van der Waals surface area contributed by atoms with Crippen LogP contribution in [-0.2, 0) is 28.9 Å². The highest BCUT2D eigenvalue weighted by Crippen LogP contribution is 2.25. The first-order valence-corrected chi connectivity index (χ1v) is 11.2. The molecule has 0 unspecified atom stereocenters. The number of fused-ring (bicyclic) bond motifs is 1. The average Bonchev–Trinajstić information content (AvgIpc) is 2.98. The van der Waals surface area contributed by atoms with Gasteiger partial charge in [-0.3, -0.25) is 0 Å². The fourth-order valence-electron chi connectivity index (χ4n) is 2.98. The van der Waals surface area contributed by atoms with E-state index in [2.05, 4.69) is 39.7 Å². The molecule has 3 rings (SSSR count). The van der Waals surface area contributed by atoms with E-state index in [0.717, 1.165) is 17.7 Å². The minimum Gasteiger partial charge on any atom is -0.309 e. The molecule has 6 heteroatoms. The lowest BCUT2D eigenvalue weighted by molar-refractivity contribution is 0.568. The topological polar surface area (TPSA) is 58.2 Å². The lowest BCUT2D eigenvalue weighted by atomic mass is 10.1. The SMILES string of the molecule is CC(C)NS(=O)(=O)Cc1ccccc1CNCc1csc2ccccc12. The number of nitrogens with one attached hydrogen (secondary N) is 2. The summed E-state index contributed by atoms with van der Waals surface area (Å²) in [7, 11) is -3.33. The van der Waals surface area contributed by atoms with Gasteiger partial charge in [-0.2, -0.15) is 0 Å². The Labute approximate surface area is 159 Å². The number of hydrogen-bond donors (Lipinski definition) is 2. The number of hydrogen-bond acceptors (Lipinski definition) is 4. The number of benzene rings is 2. The zero-order valence-electron chi connectivity index (χ0n) is 15.0. The van der Waals surface area contributed by atoms with Crippen molar-refractivity contribution in [3.05, 3.63) is 70.6 Å². The first kappa shape index (κ1) is 19.0. The van der Waals surface area contributed by atoms with Gasteiger partial charge in [0.2, 0.25) is 10.0 Å². The van der Waals surface area contributed by atoms with Crippen LogP contribution in [0.2, 0.25) is 0 Å². The summed E-state index contributed by atoms with van der Waals surface area (Å²) in [6, 6.07) is 16.0. The third-order valence-electron chi connectivity index (χ3n) is 4.07. The summed E-state index contributed by atoms with van der Waals surface area (Å²) in [5.41, 5.74) is 3.13. The van der Waals surface area contributed by atoms with Gasteiger partial charge in [0.15, 0.2) is 0 Å². The molecule has 0 saturated heterocycles. The van der Waals surface area contributed by atoms with Crippen molar-refractivity contribution in [1.29, 1.82) is 0 Å². The van der Waals surface area contributed by atoms with E-state index in [9.17, 15) is 8.42 Å². The minimum atomic E-state index is -3.33. The minimum absolute atomic E-state index is 0.00438. The maximum Gasteiger partial charge on any atom is 0.216 e. The highest BCUT2D eigenvalue weighted by Gasteiger charge is 2.15. The van der Waals surface area contributed by atoms with Gasteiger partial charge in [-0.15, -0.1) is 11.3 Å². The Balaban J connectivity index is 1.67. The Morgan fingerprint density at radius 1 is 0.923 bits per heavy atom. The molecule has 4 nitrogen and oxygen atoms in total. The quantitative estimate of drug-likeness (QED) is 0.613. The number of thiophene rings is 1. The fourth-order valence-corrected chi connectivity index (χ4v) is 5.43. The van der Waals surface area contributed by atoms with Gasteiger partial charge < -0.3 is 5.32 Å². The van der Waals surface area contributed by atoms with E-state index in [-0.39, 0.29) is 11.8 Å². The van der Waals surface area contributed by atoms with Gasteiger partial charge in [0, 0.05) is 23.8 Å². The van der Waals surface area contributed by atoms with Gasteiger partial charge in [-0.05, 0) is 47.4 Å². The maximum atomic E-state index is 12.2. The molecular formula is C20H24N2O2S2. The first-order valence-electron chi connectivity index (χ1n) is 8.67. The van der Waals surface area contributed by atoms with Crippen molar-refractivity contribution in [2.24, 2.45) is 0 Å². The van der Waals surface area contributed by atoms with Crippen LogP contribution in [0.1, 0.15) is 30.5 Å². The largest absolute Gasteiger partial charge is 0.309 e. The van der Waals surface area contributed by atoms with Crippen LogP contribution in [0.15, 0.2) is 53.9 Å². The second kappa shape index (κ2) is 8.31. The Morgan fingerprint density at radius 2 is 1.58 bits per heavy atom. The molecule has 0 aliphatic heterocycles. The van der Waals surface area contributed by atoms with E-state index in [1.54, 1.807) is 11.3 Å². The van der Waals surface area contributed by atoms with Gasteiger partial charge in [0.25, 0.3) is 0 Å². The van der Waals surface area contributed by atoms with Crippen molar-refractivity contribution in [3.63, 3.8) is 0 Å². The molecule has 0 aliphatic rings. The van der Waals surface area contributed by atoms with E-state index < -0.39 is 10.0 Å². The van der Waals surface area contributed by atoms with Crippen molar-refractivity contribution in [2.45, 2.75) is 38.7 Å². The molecule has 0 saturated carbocycles. The molecule has 0 fully saturated rings. The second-order valence-electron chi connectivity index (χ2n) is 6.66. The lowest BCUT2D eigenvalue weighted by Gasteiger charge is -2.13. The predicted molar refractivity (Wildman–Crippen MR) is 110 cm³/mol. The van der Waals surface area contributed by atoms with Crippen LogP contribution in [0, 0.1) is 0 Å². The number of sulfonamides is 1. The first-order chi connectivity index (χ1) is 12.4. The Kier molecular flexibility index (Phi) is 6.09. The molecule has 2 N–H and O–H groups in total. The van der Waals surface area contributed by atoms with E-state index >= 15 is 0 Å². The van der Waals surface area contributed by atoms with Gasteiger partial charge in [0.05, 0.1) is 5.75 Å². The van der Waals surface area contributed by atoms with Gasteiger partial charge >= 0.3 is 0 Å². The molecule has 0 radical (unpaired) electrons. The lowest BCUT2D eigenvalue weighted by Crippen LogP contribution is -2.31. The van der Waals surface area contributed by atoms with E-state index in [0.29, 0.717) is 6.54 Å². The molecule has 0 amide bonds. The normalized spacial score (nSPS) is 12.1. The number of rotatable bonds is 8. The van der Waals surface area contributed by atoms with Crippen molar-refractivity contribution in [1.82, 2.24) is 10.0 Å². The molecule has 0 atom stereocenters. The molecule has 3 aromatic rings. The van der Waals surface area contributed by atoms with E-state index in [1.165, 1.54) is 15.6 Å². The van der Waals surface area contributed by atoms with Crippen LogP contribution in [-0.4, -0.2) is 14.5 Å². The molecule has 2 aromatic carbocycles. The summed E-state index contributed by atoms with van der Waals surface area (Å²) >= 11 is 1.75. The smallest absolute Gasteiger partial charge is 0.216 e. The molecule has 1 aromatic heterocycles. The summed E-state index contributed by atoms with van der Waals surface area (Å²) < 4.78 is 28.4. The van der Waals surface area contributed by atoms with Crippen molar-refractivity contribution >= 4 is 31.4 Å². The molecule has 1 heterocycles. The zero-order valence-corrected chi connectivity index (χ0v) is 16.7. The Bertz CT molecular complexity index is 978. The van der Waals surface area contributed by atoms with Crippen LogP contribution in [0.25, 0.3) is 10.1 Å². The average molecular weight is 389 g/mol. The van der Waals surface area contributed by atoms with Crippen molar-refractivity contribution in [3.8, 4) is 0 Å². The van der Waals surface area contributed by atoms with Crippen LogP contribution >= 0.6 is 11.3 Å². The standard InChI is InChI=1S/C20H24N2O2S2/c1-15(2)22-26(23,24)14-17-8-4-3-7-16(17)11-21-12-18-13-25-20-10-6-5-9-19(18)20/h3-10,13,15,21-22H,11-12,14H2,1-2H3. The molecule has 138 valence electrons. The van der Waals surface area contributed by atoms with Crippen LogP contribution < -0.4 is 10.0 Å². The third kappa shape index (κ3) is 4.92. The Morgan fingerprint density at radius 3 is 2.35 bits per heavy atom. The predicted octanol–water partition coefficient (Wildman–Crippen LogP) is 4.02. The van der Waals surface area contributed by atoms with Gasteiger partial charge in [-0.25, -0.2) is 13.1 Å². The zero-order chi connectivity index (χ0) is 18.6. The van der Waals surface area contributed by atoms with Crippen LogP contribution in [0.4, 0.5) is 0 Å². The Hall–Kier alpha value is -1.73. The molecule has 0 aliphatic carbocycles. The molecule has 0 spiro atoms. The van der Waals surface area contributed by atoms with Crippen LogP contribution in [0.3, 0.4) is 0 Å². The summed E-state index contributed by atoms with van der Waals surface area (Å²) in [6.45, 7) is 5.05. The van der Waals surface area contributed by atoms with E-state index in [4.69, 9.17) is 0 Å². The van der Waals surface area contributed by atoms with Crippen LogP contribution in [0.5, 0.6) is 0 Å². The maximum absolute atomic E-state index is 12.2. The summed E-state index contributed by atoms with van der Waals surface area (Å²) in [6.07, 6.45) is 0. The van der Waals surface area contributed by atoms with E-state index in [1.807, 2.05) is 38.1 Å². The monoisotopic (exact) mass is 388 g/mol. The molecule has 0 bridgehead atoms. The summed E-state index contributed by atoms with van der Waals surface area (Å²) in [5, 5.41) is 6.92. The van der Waals surface area contributed by atoms with Gasteiger partial charge in [-0.1, -0.05) is 42.5 Å². The molecule has 26 heavy (non-hydrogen) atoms. The van der Waals surface area contributed by atoms with Crippen molar-refractivity contribution in [2.75, 3.05) is 0 Å². The summed E-state index contributed by atoms with van der Waals surface area (Å²) in [5.74, 6) is 0.00438. The fraction of sp³-hybridized carbons (Fsp3) is 0.300.